The molecule has 0 aromatic rings. The molecule has 0 aromatic heterocycles. The standard InChI is InChI=1S/C20H35O3P/c1-7-22-24(21,23-8-2)17-11-16-20(6)15-10-14-19(5)13-9-12-18(3)4/h11-12,14,16-17H,7-10,13,15H2,1-6H3/b17-11+,19-14+,20-16+. The van der Waals surface area contributed by atoms with Crippen LogP contribution in [0.25, 0.3) is 0 Å². The Bertz CT molecular complexity index is 499. The molecule has 0 N–H and O–H groups in total. The molecule has 24 heavy (non-hydrogen) atoms. The molecule has 0 saturated carbocycles. The van der Waals surface area contributed by atoms with Crippen molar-refractivity contribution < 1.29 is 13.6 Å². The van der Waals surface area contributed by atoms with Crippen LogP contribution in [-0.4, -0.2) is 13.2 Å². The summed E-state index contributed by atoms with van der Waals surface area (Å²) in [4.78, 5) is 0. The van der Waals surface area contributed by atoms with Crippen molar-refractivity contribution in [3.8, 4) is 0 Å². The van der Waals surface area contributed by atoms with Crippen molar-refractivity contribution in [2.45, 2.75) is 67.2 Å². The molecule has 0 bridgehead atoms. The molecule has 0 atom stereocenters. The monoisotopic (exact) mass is 354 g/mol. The zero-order valence-electron chi connectivity index (χ0n) is 16.3. The zero-order chi connectivity index (χ0) is 18.4. The van der Waals surface area contributed by atoms with Gasteiger partial charge in [0.2, 0.25) is 0 Å². The summed E-state index contributed by atoms with van der Waals surface area (Å²) in [5.74, 6) is 1.55. The Hall–Kier alpha value is -0.890. The van der Waals surface area contributed by atoms with Gasteiger partial charge in [0.05, 0.1) is 13.2 Å². The highest BCUT2D eigenvalue weighted by Gasteiger charge is 2.18. The van der Waals surface area contributed by atoms with Gasteiger partial charge in [0.25, 0.3) is 0 Å². The van der Waals surface area contributed by atoms with Crippen molar-refractivity contribution in [2.75, 3.05) is 13.2 Å². The number of hydrogen-bond acceptors (Lipinski definition) is 3. The molecule has 0 spiro atoms. The fraction of sp³-hybridized carbons (Fsp3) is 0.600. The third-order valence-electron chi connectivity index (χ3n) is 3.39. The van der Waals surface area contributed by atoms with Crippen LogP contribution in [0.2, 0.25) is 0 Å². The first-order valence-electron chi connectivity index (χ1n) is 8.85. The normalized spacial score (nSPS) is 13.6. The lowest BCUT2D eigenvalue weighted by Gasteiger charge is -2.12. The number of allylic oxidation sites excluding steroid dienone is 7. The molecule has 4 heteroatoms. The maximum Gasteiger partial charge on any atom is 0.354 e. The van der Waals surface area contributed by atoms with Gasteiger partial charge in [-0.1, -0.05) is 41.0 Å². The largest absolute Gasteiger partial charge is 0.354 e. The van der Waals surface area contributed by atoms with Crippen LogP contribution in [0.1, 0.15) is 67.2 Å². The van der Waals surface area contributed by atoms with E-state index in [4.69, 9.17) is 9.05 Å². The maximum atomic E-state index is 12.3. The van der Waals surface area contributed by atoms with Crippen LogP contribution in [-0.2, 0) is 13.6 Å². The number of hydrogen-bond donors (Lipinski definition) is 0. The first-order chi connectivity index (χ1) is 11.3. The van der Waals surface area contributed by atoms with Crippen molar-refractivity contribution in [3.05, 3.63) is 46.8 Å². The molecular formula is C20H35O3P. The van der Waals surface area contributed by atoms with Crippen molar-refractivity contribution in [1.29, 1.82) is 0 Å². The molecule has 0 radical (unpaired) electrons. The Morgan fingerprint density at radius 2 is 1.42 bits per heavy atom. The second-order valence-corrected chi connectivity index (χ2v) is 8.03. The Labute approximate surface area is 149 Å². The predicted molar refractivity (Wildman–Crippen MR) is 105 cm³/mol. The van der Waals surface area contributed by atoms with Crippen molar-refractivity contribution in [2.24, 2.45) is 0 Å². The topological polar surface area (TPSA) is 35.5 Å². The minimum atomic E-state index is -3.08. The highest BCUT2D eigenvalue weighted by atomic mass is 31.2. The Kier molecular flexibility index (Phi) is 12.9. The van der Waals surface area contributed by atoms with Gasteiger partial charge in [0.1, 0.15) is 0 Å². The van der Waals surface area contributed by atoms with E-state index in [1.54, 1.807) is 11.9 Å². The summed E-state index contributed by atoms with van der Waals surface area (Å²) in [7, 11) is -3.08. The lowest BCUT2D eigenvalue weighted by Crippen LogP contribution is -1.92. The second kappa shape index (κ2) is 13.4. The molecule has 0 aliphatic heterocycles. The lowest BCUT2D eigenvalue weighted by atomic mass is 10.1. The van der Waals surface area contributed by atoms with Gasteiger partial charge in [-0.3, -0.25) is 4.57 Å². The molecule has 3 nitrogen and oxygen atoms in total. The molecule has 0 amide bonds. The quantitative estimate of drug-likeness (QED) is 0.211. The molecule has 0 rings (SSSR count). The SMILES string of the molecule is CCOP(=O)(/C=C/C=C(\C)CC/C=C(\C)CCC=C(C)C)OCC. The molecule has 0 aromatic carbocycles. The van der Waals surface area contributed by atoms with Gasteiger partial charge in [-0.15, -0.1) is 0 Å². The summed E-state index contributed by atoms with van der Waals surface area (Å²) in [5, 5.41) is 0. The summed E-state index contributed by atoms with van der Waals surface area (Å²) >= 11 is 0. The van der Waals surface area contributed by atoms with Gasteiger partial charge in [-0.25, -0.2) is 0 Å². The molecule has 0 saturated heterocycles. The highest BCUT2D eigenvalue weighted by molar-refractivity contribution is 7.57. The minimum absolute atomic E-state index is 0.376. The minimum Gasteiger partial charge on any atom is -0.306 e. The summed E-state index contributed by atoms with van der Waals surface area (Å²) in [6, 6.07) is 0. The maximum absolute atomic E-state index is 12.3. The average molecular weight is 354 g/mol. The van der Waals surface area contributed by atoms with E-state index >= 15 is 0 Å². The zero-order valence-corrected chi connectivity index (χ0v) is 17.2. The number of rotatable bonds is 12. The van der Waals surface area contributed by atoms with E-state index in [0.717, 1.165) is 25.7 Å². The molecule has 0 unspecified atom stereocenters. The molecule has 0 fully saturated rings. The van der Waals surface area contributed by atoms with Crippen LogP contribution in [0.4, 0.5) is 0 Å². The van der Waals surface area contributed by atoms with Gasteiger partial charge in [-0.2, -0.15) is 0 Å². The summed E-state index contributed by atoms with van der Waals surface area (Å²) in [5.41, 5.74) is 4.07. The van der Waals surface area contributed by atoms with Gasteiger partial charge >= 0.3 is 7.60 Å². The fourth-order valence-corrected chi connectivity index (χ4v) is 3.38. The third kappa shape index (κ3) is 12.5. The van der Waals surface area contributed by atoms with Crippen LogP contribution in [0.15, 0.2) is 46.8 Å². The average Bonchev–Trinajstić information content (AvgIpc) is 2.47. The van der Waals surface area contributed by atoms with E-state index in [0.29, 0.717) is 13.2 Å². The fourth-order valence-electron chi connectivity index (χ4n) is 2.12. The van der Waals surface area contributed by atoms with E-state index in [1.165, 1.54) is 16.7 Å². The van der Waals surface area contributed by atoms with E-state index in [2.05, 4.69) is 39.8 Å². The Morgan fingerprint density at radius 3 is 1.96 bits per heavy atom. The molecule has 138 valence electrons. The summed E-state index contributed by atoms with van der Waals surface area (Å²) in [6.07, 6.45) is 12.6. The van der Waals surface area contributed by atoms with E-state index in [-0.39, 0.29) is 0 Å². The van der Waals surface area contributed by atoms with Gasteiger partial charge < -0.3 is 9.05 Å². The Morgan fingerprint density at radius 1 is 0.875 bits per heavy atom. The highest BCUT2D eigenvalue weighted by Crippen LogP contribution is 2.49. The molecular weight excluding hydrogens is 319 g/mol. The lowest BCUT2D eigenvalue weighted by molar-refractivity contribution is 0.229. The van der Waals surface area contributed by atoms with Crippen molar-refractivity contribution in [3.63, 3.8) is 0 Å². The molecule has 0 aliphatic carbocycles. The van der Waals surface area contributed by atoms with E-state index in [9.17, 15) is 4.57 Å². The third-order valence-corrected chi connectivity index (χ3v) is 5.16. The van der Waals surface area contributed by atoms with Gasteiger partial charge in [0, 0.05) is 5.82 Å². The van der Waals surface area contributed by atoms with Crippen LogP contribution in [0, 0.1) is 0 Å². The molecule has 0 aliphatic rings. The van der Waals surface area contributed by atoms with Gasteiger partial charge in [-0.05, 0) is 67.2 Å². The predicted octanol–water partition coefficient (Wildman–Crippen LogP) is 7.19. The summed E-state index contributed by atoms with van der Waals surface area (Å²) in [6.45, 7) is 12.9. The van der Waals surface area contributed by atoms with E-state index < -0.39 is 7.60 Å². The molecule has 0 heterocycles. The van der Waals surface area contributed by atoms with Crippen LogP contribution in [0.5, 0.6) is 0 Å². The smallest absolute Gasteiger partial charge is 0.306 e. The van der Waals surface area contributed by atoms with E-state index in [1.807, 2.05) is 19.9 Å². The second-order valence-electron chi connectivity index (χ2n) is 6.14. The summed E-state index contributed by atoms with van der Waals surface area (Å²) < 4.78 is 22.7. The van der Waals surface area contributed by atoms with Crippen LogP contribution in [0.3, 0.4) is 0 Å². The van der Waals surface area contributed by atoms with Crippen molar-refractivity contribution >= 4 is 7.60 Å². The first-order valence-corrected chi connectivity index (χ1v) is 10.5. The van der Waals surface area contributed by atoms with Crippen LogP contribution >= 0.6 is 7.60 Å². The van der Waals surface area contributed by atoms with Crippen molar-refractivity contribution in [1.82, 2.24) is 0 Å². The first kappa shape index (κ1) is 23.1. The van der Waals surface area contributed by atoms with Crippen LogP contribution < -0.4 is 0 Å². The van der Waals surface area contributed by atoms with Gasteiger partial charge in [0.15, 0.2) is 0 Å². The Balaban J connectivity index is 4.38.